The summed E-state index contributed by atoms with van der Waals surface area (Å²) in [6.07, 6.45) is 0. The van der Waals surface area contributed by atoms with Crippen LogP contribution in [-0.4, -0.2) is 56.2 Å². The first kappa shape index (κ1) is 17.9. The second-order valence-corrected chi connectivity index (χ2v) is 6.43. The third-order valence-electron chi connectivity index (χ3n) is 4.07. The highest BCUT2D eigenvalue weighted by atomic mass is 16.5. The van der Waals surface area contributed by atoms with E-state index in [1.807, 2.05) is 13.8 Å². The zero-order valence-corrected chi connectivity index (χ0v) is 14.5. The molecule has 5 nitrogen and oxygen atoms in total. The fraction of sp³-hybridized carbons (Fsp3) is 0.611. The van der Waals surface area contributed by atoms with Crippen molar-refractivity contribution in [3.05, 3.63) is 35.4 Å². The van der Waals surface area contributed by atoms with Gasteiger partial charge in [-0.05, 0) is 31.9 Å². The molecule has 1 aromatic rings. The summed E-state index contributed by atoms with van der Waals surface area (Å²) in [7, 11) is 0. The second-order valence-electron chi connectivity index (χ2n) is 6.43. The lowest BCUT2D eigenvalue weighted by Crippen LogP contribution is -2.45. The van der Waals surface area contributed by atoms with Gasteiger partial charge >= 0.3 is 0 Å². The summed E-state index contributed by atoms with van der Waals surface area (Å²) in [4.78, 5) is 14.4. The van der Waals surface area contributed by atoms with E-state index in [1.54, 1.807) is 0 Å². The lowest BCUT2D eigenvalue weighted by molar-refractivity contribution is -0.120. The quantitative estimate of drug-likeness (QED) is 0.799. The number of ether oxygens (including phenoxy) is 1. The van der Waals surface area contributed by atoms with Crippen LogP contribution >= 0.6 is 0 Å². The van der Waals surface area contributed by atoms with E-state index in [2.05, 4.69) is 46.7 Å². The van der Waals surface area contributed by atoms with Crippen molar-refractivity contribution >= 4 is 5.91 Å². The van der Waals surface area contributed by atoms with Crippen LogP contribution < -0.4 is 10.6 Å². The first-order valence-corrected chi connectivity index (χ1v) is 8.44. The van der Waals surface area contributed by atoms with Gasteiger partial charge in [-0.1, -0.05) is 24.3 Å². The molecule has 1 fully saturated rings. The molecule has 1 aliphatic rings. The van der Waals surface area contributed by atoms with E-state index in [9.17, 15) is 4.79 Å². The smallest absolute Gasteiger partial charge is 0.234 e. The van der Waals surface area contributed by atoms with Crippen LogP contribution in [-0.2, 0) is 9.53 Å². The zero-order valence-electron chi connectivity index (χ0n) is 14.5. The summed E-state index contributed by atoms with van der Waals surface area (Å²) < 4.78 is 5.43. The molecule has 5 heteroatoms. The molecular formula is C18H29N3O2. The third kappa shape index (κ3) is 5.94. The second kappa shape index (κ2) is 9.01. The van der Waals surface area contributed by atoms with E-state index in [1.165, 1.54) is 11.1 Å². The summed E-state index contributed by atoms with van der Waals surface area (Å²) in [5.41, 5.74) is 2.51. The van der Waals surface area contributed by atoms with Crippen molar-refractivity contribution in [1.29, 1.82) is 0 Å². The average Bonchev–Trinajstić information content (AvgIpc) is 2.52. The first-order valence-electron chi connectivity index (χ1n) is 8.44. The van der Waals surface area contributed by atoms with E-state index in [4.69, 9.17) is 4.74 Å². The van der Waals surface area contributed by atoms with Gasteiger partial charge in [-0.2, -0.15) is 0 Å². The fourth-order valence-corrected chi connectivity index (χ4v) is 2.88. The molecule has 0 bridgehead atoms. The minimum atomic E-state index is 0.0422. The maximum absolute atomic E-state index is 12.0. The Kier molecular flexibility index (Phi) is 7.02. The number of hydrogen-bond donors (Lipinski definition) is 2. The Bertz CT molecular complexity index is 499. The van der Waals surface area contributed by atoms with Crippen molar-refractivity contribution in [3.63, 3.8) is 0 Å². The summed E-state index contributed by atoms with van der Waals surface area (Å²) in [6.45, 7) is 10.8. The van der Waals surface area contributed by atoms with Crippen LogP contribution in [0, 0.1) is 6.92 Å². The molecule has 1 unspecified atom stereocenters. The molecule has 23 heavy (non-hydrogen) atoms. The minimum absolute atomic E-state index is 0.0422. The molecular weight excluding hydrogens is 290 g/mol. The fourth-order valence-electron chi connectivity index (χ4n) is 2.88. The molecule has 1 saturated heterocycles. The van der Waals surface area contributed by atoms with Gasteiger partial charge < -0.3 is 15.4 Å². The number of aryl methyl sites for hydroxylation is 1. The summed E-state index contributed by atoms with van der Waals surface area (Å²) in [5, 5.41) is 6.37. The van der Waals surface area contributed by atoms with Crippen molar-refractivity contribution in [2.75, 3.05) is 39.4 Å². The molecule has 0 aromatic heterocycles. The molecule has 1 amide bonds. The number of nitrogens with zero attached hydrogens (tertiary/aromatic N) is 1. The lowest BCUT2D eigenvalue weighted by atomic mass is 10.0. The largest absolute Gasteiger partial charge is 0.379 e. The molecule has 0 aliphatic carbocycles. The standard InChI is InChI=1S/C18H29N3O2/c1-14(2)20-18(22)12-19-17(13-21-8-10-23-11-9-21)16-7-5-4-6-15(16)3/h4-7,14,17,19H,8-13H2,1-3H3,(H,20,22). The van der Waals surface area contributed by atoms with Gasteiger partial charge in [0.05, 0.1) is 19.8 Å². The van der Waals surface area contributed by atoms with Crippen molar-refractivity contribution < 1.29 is 9.53 Å². The molecule has 2 N–H and O–H groups in total. The van der Waals surface area contributed by atoms with Crippen LogP contribution in [0.4, 0.5) is 0 Å². The molecule has 0 radical (unpaired) electrons. The Morgan fingerprint density at radius 1 is 1.26 bits per heavy atom. The van der Waals surface area contributed by atoms with Crippen LogP contribution in [0.1, 0.15) is 31.0 Å². The van der Waals surface area contributed by atoms with Crippen molar-refractivity contribution in [3.8, 4) is 0 Å². The maximum Gasteiger partial charge on any atom is 0.234 e. The number of morpholine rings is 1. The number of hydrogen-bond acceptors (Lipinski definition) is 4. The Labute approximate surface area is 139 Å². The summed E-state index contributed by atoms with van der Waals surface area (Å²) >= 11 is 0. The van der Waals surface area contributed by atoms with E-state index in [0.717, 1.165) is 32.8 Å². The van der Waals surface area contributed by atoms with Gasteiger partial charge in [0.25, 0.3) is 0 Å². The van der Waals surface area contributed by atoms with Crippen LogP contribution in [0.25, 0.3) is 0 Å². The van der Waals surface area contributed by atoms with Crippen LogP contribution in [0.15, 0.2) is 24.3 Å². The molecule has 1 aromatic carbocycles. The van der Waals surface area contributed by atoms with Crippen LogP contribution in [0.5, 0.6) is 0 Å². The molecule has 0 saturated carbocycles. The zero-order chi connectivity index (χ0) is 16.7. The highest BCUT2D eigenvalue weighted by molar-refractivity contribution is 5.78. The van der Waals surface area contributed by atoms with Gasteiger partial charge in [0.2, 0.25) is 5.91 Å². The molecule has 1 atom stereocenters. The van der Waals surface area contributed by atoms with Gasteiger partial charge in [-0.25, -0.2) is 0 Å². The van der Waals surface area contributed by atoms with E-state index in [0.29, 0.717) is 6.54 Å². The normalized spacial score (nSPS) is 17.2. The number of amides is 1. The third-order valence-corrected chi connectivity index (χ3v) is 4.07. The van der Waals surface area contributed by atoms with Crippen molar-refractivity contribution in [2.24, 2.45) is 0 Å². The molecule has 2 rings (SSSR count). The SMILES string of the molecule is Cc1ccccc1C(CN1CCOCC1)NCC(=O)NC(C)C. The van der Waals surface area contributed by atoms with E-state index in [-0.39, 0.29) is 18.0 Å². The van der Waals surface area contributed by atoms with E-state index < -0.39 is 0 Å². The van der Waals surface area contributed by atoms with Gasteiger partial charge in [0.1, 0.15) is 0 Å². The monoisotopic (exact) mass is 319 g/mol. The highest BCUT2D eigenvalue weighted by Crippen LogP contribution is 2.19. The van der Waals surface area contributed by atoms with Gasteiger partial charge in [0.15, 0.2) is 0 Å². The predicted molar refractivity (Wildman–Crippen MR) is 92.5 cm³/mol. The number of nitrogens with one attached hydrogen (secondary N) is 2. The first-order chi connectivity index (χ1) is 11.1. The summed E-state index contributed by atoms with van der Waals surface area (Å²) in [6, 6.07) is 8.69. The van der Waals surface area contributed by atoms with Crippen molar-refractivity contribution in [2.45, 2.75) is 32.9 Å². The van der Waals surface area contributed by atoms with Gasteiger partial charge in [-0.15, -0.1) is 0 Å². The van der Waals surface area contributed by atoms with E-state index >= 15 is 0 Å². The molecule has 0 spiro atoms. The maximum atomic E-state index is 12.0. The van der Waals surface area contributed by atoms with Gasteiger partial charge in [0, 0.05) is 31.7 Å². The minimum Gasteiger partial charge on any atom is -0.379 e. The highest BCUT2D eigenvalue weighted by Gasteiger charge is 2.20. The number of rotatable bonds is 7. The van der Waals surface area contributed by atoms with Crippen LogP contribution in [0.3, 0.4) is 0 Å². The van der Waals surface area contributed by atoms with Crippen molar-refractivity contribution in [1.82, 2.24) is 15.5 Å². The lowest BCUT2D eigenvalue weighted by Gasteiger charge is -2.31. The predicted octanol–water partition coefficient (Wildman–Crippen LogP) is 1.48. The van der Waals surface area contributed by atoms with Crippen LogP contribution in [0.2, 0.25) is 0 Å². The number of carbonyl (C=O) groups is 1. The van der Waals surface area contributed by atoms with Gasteiger partial charge in [-0.3, -0.25) is 9.69 Å². The topological polar surface area (TPSA) is 53.6 Å². The Balaban J connectivity index is 2.01. The Morgan fingerprint density at radius 3 is 2.61 bits per heavy atom. The average molecular weight is 319 g/mol. The molecule has 1 heterocycles. The molecule has 1 aliphatic heterocycles. The summed E-state index contributed by atoms with van der Waals surface area (Å²) in [5.74, 6) is 0.0422. The number of carbonyl (C=O) groups excluding carboxylic acids is 1. The number of benzene rings is 1. The Hall–Kier alpha value is -1.43. The Morgan fingerprint density at radius 2 is 1.96 bits per heavy atom. The molecule has 128 valence electrons.